The third-order valence-corrected chi connectivity index (χ3v) is 3.82. The number of nitrogens with one attached hydrogen (secondary N) is 1. The molecule has 0 spiro atoms. The first-order valence-electron chi connectivity index (χ1n) is 6.58. The summed E-state index contributed by atoms with van der Waals surface area (Å²) in [5.74, 6) is 0. The molecule has 0 bridgehead atoms. The molecule has 0 aliphatic heterocycles. The van der Waals surface area contributed by atoms with E-state index in [4.69, 9.17) is 11.6 Å². The lowest BCUT2D eigenvalue weighted by Crippen LogP contribution is -2.39. The van der Waals surface area contributed by atoms with Gasteiger partial charge in [-0.25, -0.2) is 0 Å². The van der Waals surface area contributed by atoms with E-state index in [1.54, 1.807) is 0 Å². The van der Waals surface area contributed by atoms with E-state index < -0.39 is 0 Å². The number of aliphatic hydroxyl groups is 1. The number of rotatable bonds is 7. The molecule has 18 heavy (non-hydrogen) atoms. The number of halogens is 1. The molecule has 0 saturated carbocycles. The van der Waals surface area contributed by atoms with Crippen LogP contribution in [0.1, 0.15) is 32.8 Å². The van der Waals surface area contributed by atoms with Gasteiger partial charge in [0.05, 0.1) is 0 Å². The van der Waals surface area contributed by atoms with Gasteiger partial charge in [-0.1, -0.05) is 37.6 Å². The Labute approximate surface area is 115 Å². The molecule has 2 N–H and O–H groups in total. The first-order valence-corrected chi connectivity index (χ1v) is 6.95. The van der Waals surface area contributed by atoms with Crippen molar-refractivity contribution in [3.63, 3.8) is 0 Å². The summed E-state index contributed by atoms with van der Waals surface area (Å²) >= 11 is 5.86. The van der Waals surface area contributed by atoms with Crippen LogP contribution in [0.5, 0.6) is 0 Å². The van der Waals surface area contributed by atoms with Crippen LogP contribution < -0.4 is 5.32 Å². The number of benzene rings is 1. The van der Waals surface area contributed by atoms with Gasteiger partial charge in [0.1, 0.15) is 0 Å². The molecular formula is C15H24ClNO. The van der Waals surface area contributed by atoms with Crippen molar-refractivity contribution >= 4 is 11.6 Å². The van der Waals surface area contributed by atoms with Crippen molar-refractivity contribution in [2.45, 2.75) is 39.7 Å². The summed E-state index contributed by atoms with van der Waals surface area (Å²) in [5.41, 5.74) is 1.26. The van der Waals surface area contributed by atoms with E-state index in [0.717, 1.165) is 24.4 Å². The molecule has 102 valence electrons. The zero-order valence-electron chi connectivity index (χ0n) is 11.5. The fourth-order valence-corrected chi connectivity index (χ4v) is 1.89. The molecular weight excluding hydrogens is 246 g/mol. The predicted molar refractivity (Wildman–Crippen MR) is 78.1 cm³/mol. The van der Waals surface area contributed by atoms with Crippen LogP contribution in [0.15, 0.2) is 24.3 Å². The highest BCUT2D eigenvalue weighted by Crippen LogP contribution is 2.19. The molecule has 0 fully saturated rings. The lowest BCUT2D eigenvalue weighted by Gasteiger charge is -2.28. The first kappa shape index (κ1) is 15.5. The highest BCUT2D eigenvalue weighted by Gasteiger charge is 2.21. The summed E-state index contributed by atoms with van der Waals surface area (Å²) in [7, 11) is 0. The van der Waals surface area contributed by atoms with E-state index in [-0.39, 0.29) is 12.0 Å². The highest BCUT2D eigenvalue weighted by molar-refractivity contribution is 6.30. The van der Waals surface area contributed by atoms with E-state index in [2.05, 4.69) is 38.2 Å². The van der Waals surface area contributed by atoms with E-state index in [0.29, 0.717) is 6.04 Å². The van der Waals surface area contributed by atoms with Crippen LogP contribution in [0, 0.1) is 5.41 Å². The van der Waals surface area contributed by atoms with Crippen LogP contribution in [0.25, 0.3) is 0 Å². The molecule has 2 unspecified atom stereocenters. The zero-order chi connectivity index (χ0) is 13.6. The van der Waals surface area contributed by atoms with E-state index in [1.165, 1.54) is 5.56 Å². The topological polar surface area (TPSA) is 32.3 Å². The summed E-state index contributed by atoms with van der Waals surface area (Å²) in [6, 6.07) is 8.36. The van der Waals surface area contributed by atoms with Crippen LogP contribution in [0.2, 0.25) is 5.02 Å². The molecule has 2 nitrogen and oxygen atoms in total. The Balaban J connectivity index is 2.42. The quantitative estimate of drug-likeness (QED) is 0.796. The Morgan fingerprint density at radius 2 is 1.94 bits per heavy atom. The maximum absolute atomic E-state index is 9.36. The van der Waals surface area contributed by atoms with E-state index >= 15 is 0 Å². The second-order valence-corrected chi connectivity index (χ2v) is 5.87. The molecule has 2 atom stereocenters. The zero-order valence-corrected chi connectivity index (χ0v) is 12.3. The Hall–Kier alpha value is -0.570. The summed E-state index contributed by atoms with van der Waals surface area (Å²) < 4.78 is 0. The van der Waals surface area contributed by atoms with Crippen molar-refractivity contribution in [3.8, 4) is 0 Å². The molecule has 0 aliphatic carbocycles. The van der Waals surface area contributed by atoms with Crippen molar-refractivity contribution in [3.05, 3.63) is 34.9 Å². The van der Waals surface area contributed by atoms with Crippen molar-refractivity contribution < 1.29 is 5.11 Å². The average molecular weight is 270 g/mol. The fraction of sp³-hybridized carbons (Fsp3) is 0.600. The second-order valence-electron chi connectivity index (χ2n) is 5.43. The minimum atomic E-state index is -0.0196. The maximum Gasteiger partial charge on any atom is 0.0496 e. The van der Waals surface area contributed by atoms with Crippen molar-refractivity contribution in [2.24, 2.45) is 5.41 Å². The second kappa shape index (κ2) is 7.13. The van der Waals surface area contributed by atoms with Crippen LogP contribution >= 0.6 is 11.6 Å². The van der Waals surface area contributed by atoms with E-state index in [1.807, 2.05) is 12.1 Å². The molecule has 0 amide bonds. The van der Waals surface area contributed by atoms with Gasteiger partial charge in [-0.05, 0) is 37.5 Å². The van der Waals surface area contributed by atoms with Gasteiger partial charge < -0.3 is 10.4 Å². The fourth-order valence-electron chi connectivity index (χ4n) is 1.76. The smallest absolute Gasteiger partial charge is 0.0496 e. The normalized spacial score (nSPS) is 16.3. The van der Waals surface area contributed by atoms with Crippen LogP contribution in [0.4, 0.5) is 0 Å². The van der Waals surface area contributed by atoms with Crippen molar-refractivity contribution in [1.29, 1.82) is 0 Å². The maximum atomic E-state index is 9.36. The summed E-state index contributed by atoms with van der Waals surface area (Å²) in [6.07, 6.45) is 1.95. The molecule has 1 aromatic carbocycles. The van der Waals surface area contributed by atoms with Crippen LogP contribution in [-0.4, -0.2) is 24.3 Å². The molecule has 0 aliphatic rings. The van der Waals surface area contributed by atoms with Gasteiger partial charge in [0.2, 0.25) is 0 Å². The molecule has 3 heteroatoms. The van der Waals surface area contributed by atoms with Gasteiger partial charge in [-0.3, -0.25) is 0 Å². The Kier molecular flexibility index (Phi) is 6.13. The minimum Gasteiger partial charge on any atom is -0.396 e. The summed E-state index contributed by atoms with van der Waals surface area (Å²) in [6.45, 7) is 7.46. The molecule has 0 radical (unpaired) electrons. The summed E-state index contributed by atoms with van der Waals surface area (Å²) in [5, 5.41) is 13.6. The Bertz CT molecular complexity index is 346. The van der Waals surface area contributed by atoms with Gasteiger partial charge in [-0.2, -0.15) is 0 Å². The van der Waals surface area contributed by atoms with Crippen LogP contribution in [0.3, 0.4) is 0 Å². The lowest BCUT2D eigenvalue weighted by atomic mass is 9.88. The molecule has 1 rings (SSSR count). The van der Waals surface area contributed by atoms with Gasteiger partial charge in [0.15, 0.2) is 0 Å². The molecule has 0 aromatic heterocycles. The van der Waals surface area contributed by atoms with Gasteiger partial charge in [0.25, 0.3) is 0 Å². The standard InChI is InChI=1S/C15H24ClNO/c1-4-15(3,11-18)10-17-12(2)9-13-5-7-14(16)8-6-13/h5-8,12,17-18H,4,9-11H2,1-3H3. The monoisotopic (exact) mass is 269 g/mol. The summed E-state index contributed by atoms with van der Waals surface area (Å²) in [4.78, 5) is 0. The van der Waals surface area contributed by atoms with E-state index in [9.17, 15) is 5.11 Å². The molecule has 0 heterocycles. The SMILES string of the molecule is CCC(C)(CO)CNC(C)Cc1ccc(Cl)cc1. The Morgan fingerprint density at radius 3 is 2.44 bits per heavy atom. The first-order chi connectivity index (χ1) is 8.49. The third-order valence-electron chi connectivity index (χ3n) is 3.57. The number of aliphatic hydroxyl groups excluding tert-OH is 1. The third kappa shape index (κ3) is 4.97. The minimum absolute atomic E-state index is 0.0196. The van der Waals surface area contributed by atoms with Gasteiger partial charge in [0, 0.05) is 29.6 Å². The van der Waals surface area contributed by atoms with Gasteiger partial charge in [-0.15, -0.1) is 0 Å². The van der Waals surface area contributed by atoms with Crippen molar-refractivity contribution in [2.75, 3.05) is 13.2 Å². The van der Waals surface area contributed by atoms with Crippen molar-refractivity contribution in [1.82, 2.24) is 5.32 Å². The van der Waals surface area contributed by atoms with Gasteiger partial charge >= 0.3 is 0 Å². The predicted octanol–water partition coefficient (Wildman–Crippen LogP) is 3.27. The highest BCUT2D eigenvalue weighted by atomic mass is 35.5. The largest absolute Gasteiger partial charge is 0.396 e. The van der Waals surface area contributed by atoms with Crippen LogP contribution in [-0.2, 0) is 6.42 Å². The Morgan fingerprint density at radius 1 is 1.33 bits per heavy atom. The lowest BCUT2D eigenvalue weighted by molar-refractivity contribution is 0.132. The molecule has 0 saturated heterocycles. The number of hydrogen-bond donors (Lipinski definition) is 2. The molecule has 1 aromatic rings. The number of hydrogen-bond acceptors (Lipinski definition) is 2. The average Bonchev–Trinajstić information content (AvgIpc) is 2.39.